The van der Waals surface area contributed by atoms with E-state index < -0.39 is 0 Å². The molecule has 3 rings (SSSR count). The van der Waals surface area contributed by atoms with E-state index in [1.807, 2.05) is 36.1 Å². The first kappa shape index (κ1) is 26.7. The Morgan fingerprint density at radius 2 is 2.03 bits per heavy atom. The number of benzene rings is 1. The van der Waals surface area contributed by atoms with E-state index in [9.17, 15) is 9.59 Å². The van der Waals surface area contributed by atoms with E-state index in [0.717, 1.165) is 63.4 Å². The Balaban J connectivity index is 0.00000385. The molecule has 0 radical (unpaired) electrons. The molecular formula is C24H34IN5O3. The molecule has 2 amide bonds. The number of furan rings is 1. The number of amides is 2. The molecule has 2 aromatic rings. The molecule has 1 aromatic carbocycles. The maximum Gasteiger partial charge on any atom is 0.291 e. The van der Waals surface area contributed by atoms with Gasteiger partial charge in [0.15, 0.2) is 11.7 Å². The summed E-state index contributed by atoms with van der Waals surface area (Å²) >= 11 is 0. The lowest BCUT2D eigenvalue weighted by molar-refractivity contribution is -0.130. The minimum absolute atomic E-state index is 0. The third kappa shape index (κ3) is 9.07. The first-order valence-electron chi connectivity index (χ1n) is 11.4. The van der Waals surface area contributed by atoms with Crippen LogP contribution in [0.4, 0.5) is 5.69 Å². The molecule has 9 heteroatoms. The molecule has 33 heavy (non-hydrogen) atoms. The van der Waals surface area contributed by atoms with Crippen molar-refractivity contribution in [1.82, 2.24) is 15.5 Å². The molecule has 1 aromatic heterocycles. The molecule has 1 aliphatic heterocycles. The molecule has 3 N–H and O–H groups in total. The number of halogens is 1. The number of guanidine groups is 1. The van der Waals surface area contributed by atoms with E-state index in [1.54, 1.807) is 12.1 Å². The highest BCUT2D eigenvalue weighted by atomic mass is 127. The second-order valence-electron chi connectivity index (χ2n) is 7.80. The average Bonchev–Trinajstić information content (AvgIpc) is 3.26. The van der Waals surface area contributed by atoms with Gasteiger partial charge in [-0.1, -0.05) is 18.6 Å². The third-order valence-electron chi connectivity index (χ3n) is 5.26. The molecule has 1 fully saturated rings. The number of nitrogens with one attached hydrogen (secondary N) is 3. The monoisotopic (exact) mass is 567 g/mol. The summed E-state index contributed by atoms with van der Waals surface area (Å²) in [5.74, 6) is 1.00. The van der Waals surface area contributed by atoms with Crippen molar-refractivity contribution in [2.45, 2.75) is 45.6 Å². The van der Waals surface area contributed by atoms with Crippen molar-refractivity contribution in [3.05, 3.63) is 54.0 Å². The van der Waals surface area contributed by atoms with E-state index in [1.165, 1.54) is 6.26 Å². The number of rotatable bonds is 9. The van der Waals surface area contributed by atoms with E-state index >= 15 is 0 Å². The van der Waals surface area contributed by atoms with Crippen molar-refractivity contribution in [2.75, 3.05) is 31.5 Å². The number of anilines is 1. The number of likely N-dealkylation sites (tertiary alicyclic amines) is 1. The van der Waals surface area contributed by atoms with Crippen molar-refractivity contribution in [2.24, 2.45) is 4.99 Å². The van der Waals surface area contributed by atoms with Gasteiger partial charge in [-0.05, 0) is 56.0 Å². The van der Waals surface area contributed by atoms with Gasteiger partial charge >= 0.3 is 0 Å². The molecule has 0 atom stereocenters. The summed E-state index contributed by atoms with van der Waals surface area (Å²) in [6, 6.07) is 10.9. The Morgan fingerprint density at radius 3 is 2.82 bits per heavy atom. The summed E-state index contributed by atoms with van der Waals surface area (Å²) < 4.78 is 5.13. The zero-order valence-electron chi connectivity index (χ0n) is 19.1. The van der Waals surface area contributed by atoms with Crippen LogP contribution >= 0.6 is 24.0 Å². The fourth-order valence-corrected chi connectivity index (χ4v) is 3.61. The lowest BCUT2D eigenvalue weighted by Crippen LogP contribution is -2.39. The second kappa shape index (κ2) is 14.6. The normalized spacial score (nSPS) is 14.3. The van der Waals surface area contributed by atoms with E-state index in [0.29, 0.717) is 18.7 Å². The molecule has 1 aliphatic rings. The van der Waals surface area contributed by atoms with Crippen LogP contribution in [0.15, 0.2) is 52.1 Å². The van der Waals surface area contributed by atoms with Gasteiger partial charge < -0.3 is 25.3 Å². The number of nitrogens with zero attached hydrogens (tertiary/aromatic N) is 2. The van der Waals surface area contributed by atoms with Crippen LogP contribution in [0.3, 0.4) is 0 Å². The SMILES string of the molecule is CCNC(=NCc1cccc(NC(=O)c2ccco2)c1)NCCCN1CCCCCC1=O.I. The quantitative estimate of drug-likeness (QED) is 0.184. The van der Waals surface area contributed by atoms with Gasteiger partial charge in [-0.25, -0.2) is 4.99 Å². The lowest BCUT2D eigenvalue weighted by Gasteiger charge is -2.20. The van der Waals surface area contributed by atoms with Crippen LogP contribution in [0.2, 0.25) is 0 Å². The standard InChI is InChI=1S/C24H33N5O3.HI/c1-2-25-24(26-13-8-15-29-14-5-3-4-12-22(29)30)27-18-19-9-6-10-20(17-19)28-23(31)21-11-7-16-32-21;/h6-7,9-11,16-17H,2-5,8,12-15,18H2,1H3,(H,28,31)(H2,25,26,27);1H. The zero-order valence-corrected chi connectivity index (χ0v) is 21.5. The van der Waals surface area contributed by atoms with Crippen molar-refractivity contribution in [3.63, 3.8) is 0 Å². The molecule has 180 valence electrons. The van der Waals surface area contributed by atoms with Crippen LogP contribution in [0.1, 0.15) is 55.1 Å². The number of hydrogen-bond donors (Lipinski definition) is 3. The molecule has 8 nitrogen and oxygen atoms in total. The van der Waals surface area contributed by atoms with E-state index in [2.05, 4.69) is 20.9 Å². The van der Waals surface area contributed by atoms with E-state index in [-0.39, 0.29) is 41.6 Å². The van der Waals surface area contributed by atoms with Gasteiger partial charge in [-0.2, -0.15) is 0 Å². The number of hydrogen-bond acceptors (Lipinski definition) is 4. The van der Waals surface area contributed by atoms with Gasteiger partial charge in [0.05, 0.1) is 12.8 Å². The van der Waals surface area contributed by atoms with Crippen molar-refractivity contribution < 1.29 is 14.0 Å². The fourth-order valence-electron chi connectivity index (χ4n) is 3.61. The number of carbonyl (C=O) groups excluding carboxylic acids is 2. The minimum atomic E-state index is -0.284. The Kier molecular flexibility index (Phi) is 11.8. The molecule has 0 saturated carbocycles. The van der Waals surface area contributed by atoms with Crippen LogP contribution in [0, 0.1) is 0 Å². The lowest BCUT2D eigenvalue weighted by atomic mass is 10.2. The number of carbonyl (C=O) groups is 2. The van der Waals surface area contributed by atoms with Gasteiger partial charge in [-0.3, -0.25) is 9.59 Å². The Labute approximate surface area is 212 Å². The van der Waals surface area contributed by atoms with Crippen LogP contribution in [0.25, 0.3) is 0 Å². The summed E-state index contributed by atoms with van der Waals surface area (Å²) in [5, 5.41) is 9.43. The molecule has 0 spiro atoms. The smallest absolute Gasteiger partial charge is 0.291 e. The fraction of sp³-hybridized carbons (Fsp3) is 0.458. The van der Waals surface area contributed by atoms with Crippen LogP contribution < -0.4 is 16.0 Å². The predicted octanol–water partition coefficient (Wildman–Crippen LogP) is 4.00. The van der Waals surface area contributed by atoms with Gasteiger partial charge in [0, 0.05) is 38.3 Å². The Hall–Kier alpha value is -2.56. The van der Waals surface area contributed by atoms with E-state index in [4.69, 9.17) is 4.42 Å². The van der Waals surface area contributed by atoms with Gasteiger partial charge in [0.25, 0.3) is 5.91 Å². The average molecular weight is 567 g/mol. The van der Waals surface area contributed by atoms with Crippen molar-refractivity contribution >= 4 is 47.4 Å². The molecule has 2 heterocycles. The molecule has 1 saturated heterocycles. The van der Waals surface area contributed by atoms with Gasteiger partial charge in [-0.15, -0.1) is 24.0 Å². The first-order valence-corrected chi connectivity index (χ1v) is 11.4. The van der Waals surface area contributed by atoms with Crippen molar-refractivity contribution in [3.8, 4) is 0 Å². The van der Waals surface area contributed by atoms with Crippen LogP contribution in [-0.4, -0.2) is 48.9 Å². The molecule has 0 bridgehead atoms. The largest absolute Gasteiger partial charge is 0.459 e. The maximum atomic E-state index is 12.2. The summed E-state index contributed by atoms with van der Waals surface area (Å²) in [6.07, 6.45) is 6.29. The second-order valence-corrected chi connectivity index (χ2v) is 7.80. The molecule has 0 unspecified atom stereocenters. The number of aliphatic imine (C=N–C) groups is 1. The minimum Gasteiger partial charge on any atom is -0.459 e. The summed E-state index contributed by atoms with van der Waals surface area (Å²) in [5.41, 5.74) is 1.67. The summed E-state index contributed by atoms with van der Waals surface area (Å²) in [6.45, 7) is 5.66. The maximum absolute atomic E-state index is 12.2. The van der Waals surface area contributed by atoms with Gasteiger partial charge in [0.2, 0.25) is 5.91 Å². The highest BCUT2D eigenvalue weighted by Gasteiger charge is 2.15. The molecular weight excluding hydrogens is 533 g/mol. The van der Waals surface area contributed by atoms with Crippen LogP contribution in [0.5, 0.6) is 0 Å². The molecule has 0 aliphatic carbocycles. The predicted molar refractivity (Wildman–Crippen MR) is 141 cm³/mol. The summed E-state index contributed by atoms with van der Waals surface area (Å²) in [7, 11) is 0. The zero-order chi connectivity index (χ0) is 22.6. The summed E-state index contributed by atoms with van der Waals surface area (Å²) in [4.78, 5) is 30.9. The topological polar surface area (TPSA) is 99.0 Å². The highest BCUT2D eigenvalue weighted by Crippen LogP contribution is 2.14. The van der Waals surface area contributed by atoms with Crippen LogP contribution in [-0.2, 0) is 11.3 Å². The Bertz CT molecular complexity index is 901. The van der Waals surface area contributed by atoms with Gasteiger partial charge in [0.1, 0.15) is 0 Å². The third-order valence-corrected chi connectivity index (χ3v) is 5.26. The highest BCUT2D eigenvalue weighted by molar-refractivity contribution is 14.0. The Morgan fingerprint density at radius 1 is 1.15 bits per heavy atom. The van der Waals surface area contributed by atoms with Crippen molar-refractivity contribution in [1.29, 1.82) is 0 Å². The first-order chi connectivity index (χ1) is 15.7.